The fourth-order valence-corrected chi connectivity index (χ4v) is 5.14. The molecule has 0 radical (unpaired) electrons. The van der Waals surface area contributed by atoms with E-state index in [1.54, 1.807) is 0 Å². The molecule has 150 valence electrons. The van der Waals surface area contributed by atoms with Crippen LogP contribution >= 0.6 is 0 Å². The Morgan fingerprint density at radius 2 is 1.93 bits per heavy atom. The molecule has 0 N–H and O–H groups in total. The van der Waals surface area contributed by atoms with E-state index < -0.39 is 11.1 Å². The predicted molar refractivity (Wildman–Crippen MR) is 111 cm³/mol. The molecule has 29 heavy (non-hydrogen) atoms. The van der Waals surface area contributed by atoms with Crippen LogP contribution in [0.1, 0.15) is 25.3 Å². The largest absolute Gasteiger partial charge is 0.465 e. The van der Waals surface area contributed by atoms with Gasteiger partial charge in [0.15, 0.2) is 0 Å². The number of ether oxygens (including phenoxy) is 2. The van der Waals surface area contributed by atoms with Crippen molar-refractivity contribution in [2.75, 3.05) is 24.6 Å². The molecule has 1 fully saturated rings. The lowest BCUT2D eigenvalue weighted by Gasteiger charge is -2.56. The molecule has 3 heterocycles. The van der Waals surface area contributed by atoms with Crippen molar-refractivity contribution in [2.24, 2.45) is 5.41 Å². The number of piperidine rings is 1. The van der Waals surface area contributed by atoms with E-state index >= 15 is 0 Å². The zero-order chi connectivity index (χ0) is 19.9. The third kappa shape index (κ3) is 2.68. The smallest absolute Gasteiger partial charge is 0.319 e. The van der Waals surface area contributed by atoms with Crippen molar-refractivity contribution in [2.45, 2.75) is 32.0 Å². The van der Waals surface area contributed by atoms with Gasteiger partial charge in [0.25, 0.3) is 0 Å². The molecule has 5 heteroatoms. The second-order valence-corrected chi connectivity index (χ2v) is 8.06. The Balaban J connectivity index is 1.54. The molecule has 3 aliphatic rings. The lowest BCUT2D eigenvalue weighted by Crippen LogP contribution is -2.71. The van der Waals surface area contributed by atoms with Crippen molar-refractivity contribution in [3.8, 4) is 5.75 Å². The first-order valence-electron chi connectivity index (χ1n) is 10.4. The number of rotatable bonds is 4. The maximum absolute atomic E-state index is 13.5. The lowest BCUT2D eigenvalue weighted by molar-refractivity contribution is -0.181. The summed E-state index contributed by atoms with van der Waals surface area (Å²) in [5.74, 6) is 0.671. The number of hydrogen-bond donors (Lipinski definition) is 0. The minimum absolute atomic E-state index is 0.167. The van der Waals surface area contributed by atoms with Gasteiger partial charge in [-0.3, -0.25) is 9.69 Å². The minimum Gasteiger partial charge on any atom is -0.465 e. The van der Waals surface area contributed by atoms with E-state index in [1.807, 2.05) is 31.2 Å². The monoisotopic (exact) mass is 390 g/mol. The number of hydrogen-bond acceptors (Lipinski definition) is 5. The van der Waals surface area contributed by atoms with Crippen LogP contribution in [0.4, 0.5) is 5.69 Å². The van der Waals surface area contributed by atoms with Crippen molar-refractivity contribution in [1.29, 1.82) is 0 Å². The molecule has 0 amide bonds. The van der Waals surface area contributed by atoms with E-state index in [2.05, 4.69) is 52.4 Å². The predicted octanol–water partition coefficient (Wildman–Crippen LogP) is 3.95. The average Bonchev–Trinajstić information content (AvgIpc) is 3.08. The standard InChI is InChI=1S/C24H26N2O3/c1-2-28-22(27)23-13-8-15-26-20-11-6-7-12-21(20)29-24(23,26)14-16-25(18-23)17-19-9-4-3-5-10-19/h3-12,15H,2,13-14,16-18H2,1H3/t23-,24-/m1/s1. The van der Waals surface area contributed by atoms with Crippen molar-refractivity contribution in [3.63, 3.8) is 0 Å². The highest BCUT2D eigenvalue weighted by atomic mass is 16.6. The van der Waals surface area contributed by atoms with E-state index in [0.717, 1.165) is 30.9 Å². The van der Waals surface area contributed by atoms with Gasteiger partial charge < -0.3 is 14.4 Å². The summed E-state index contributed by atoms with van der Waals surface area (Å²) in [5.41, 5.74) is 0.768. The van der Waals surface area contributed by atoms with E-state index in [9.17, 15) is 4.79 Å². The summed E-state index contributed by atoms with van der Waals surface area (Å²) >= 11 is 0. The second kappa shape index (κ2) is 6.92. The molecule has 5 rings (SSSR count). The molecule has 5 nitrogen and oxygen atoms in total. The van der Waals surface area contributed by atoms with Crippen LogP contribution in [0.5, 0.6) is 5.75 Å². The summed E-state index contributed by atoms with van der Waals surface area (Å²) in [4.78, 5) is 18.0. The maximum atomic E-state index is 13.5. The fraction of sp³-hybridized carbons (Fsp3) is 0.375. The first-order chi connectivity index (χ1) is 14.2. The van der Waals surface area contributed by atoms with Crippen molar-refractivity contribution < 1.29 is 14.3 Å². The first kappa shape index (κ1) is 18.3. The van der Waals surface area contributed by atoms with E-state index in [-0.39, 0.29) is 5.97 Å². The SMILES string of the molecule is CCOC(=O)[C@]12CC=CN3c4ccccc4O[C@@]31CCN(Cc1ccccc1)C2. The number of carbonyl (C=O) groups excluding carboxylic acids is 1. The Kier molecular flexibility index (Phi) is 4.36. The Labute approximate surface area is 171 Å². The van der Waals surface area contributed by atoms with Crippen molar-refractivity contribution in [3.05, 3.63) is 72.4 Å². The number of benzene rings is 2. The molecule has 0 aliphatic carbocycles. The second-order valence-electron chi connectivity index (χ2n) is 8.06. The number of nitrogens with zero attached hydrogens (tertiary/aromatic N) is 2. The molecule has 0 bridgehead atoms. The molecule has 1 saturated heterocycles. The highest BCUT2D eigenvalue weighted by Gasteiger charge is 2.68. The maximum Gasteiger partial charge on any atom is 0.319 e. The van der Waals surface area contributed by atoms with Gasteiger partial charge in [-0.15, -0.1) is 0 Å². The third-order valence-electron chi connectivity index (χ3n) is 6.44. The highest BCUT2D eigenvalue weighted by Crippen LogP contribution is 2.57. The zero-order valence-corrected chi connectivity index (χ0v) is 16.7. The van der Waals surface area contributed by atoms with Crippen LogP contribution < -0.4 is 9.64 Å². The molecule has 2 aromatic rings. The van der Waals surface area contributed by atoms with Crippen LogP contribution in [0.3, 0.4) is 0 Å². The molecule has 3 aliphatic heterocycles. The molecular formula is C24H26N2O3. The van der Waals surface area contributed by atoms with Gasteiger partial charge in [0.2, 0.25) is 5.72 Å². The minimum atomic E-state index is -0.774. The zero-order valence-electron chi connectivity index (χ0n) is 16.7. The van der Waals surface area contributed by atoms with Gasteiger partial charge >= 0.3 is 5.97 Å². The summed E-state index contributed by atoms with van der Waals surface area (Å²) < 4.78 is 12.3. The van der Waals surface area contributed by atoms with Crippen LogP contribution in [-0.2, 0) is 16.1 Å². The molecular weight excluding hydrogens is 364 g/mol. The summed E-state index contributed by atoms with van der Waals surface area (Å²) in [6.45, 7) is 4.51. The molecule has 0 unspecified atom stereocenters. The Morgan fingerprint density at radius 3 is 2.76 bits per heavy atom. The number of esters is 1. The Bertz CT molecular complexity index is 944. The molecule has 0 aromatic heterocycles. The van der Waals surface area contributed by atoms with Gasteiger partial charge in [-0.25, -0.2) is 0 Å². The number of likely N-dealkylation sites (tertiary alicyclic amines) is 1. The fourth-order valence-electron chi connectivity index (χ4n) is 5.14. The van der Waals surface area contributed by atoms with Gasteiger partial charge in [0.1, 0.15) is 11.2 Å². The summed E-state index contributed by atoms with van der Waals surface area (Å²) in [7, 11) is 0. The van der Waals surface area contributed by atoms with Crippen LogP contribution in [0.25, 0.3) is 0 Å². The Hall–Kier alpha value is -2.79. The first-order valence-corrected chi connectivity index (χ1v) is 10.4. The summed E-state index contributed by atoms with van der Waals surface area (Å²) in [5, 5.41) is 0. The Morgan fingerprint density at radius 1 is 1.14 bits per heavy atom. The van der Waals surface area contributed by atoms with Crippen LogP contribution in [0.2, 0.25) is 0 Å². The summed E-state index contributed by atoms with van der Waals surface area (Å²) in [6, 6.07) is 18.5. The topological polar surface area (TPSA) is 42.0 Å². The van der Waals surface area contributed by atoms with Gasteiger partial charge in [-0.05, 0) is 31.0 Å². The number of carbonyl (C=O) groups is 1. The van der Waals surface area contributed by atoms with Crippen LogP contribution in [0.15, 0.2) is 66.9 Å². The van der Waals surface area contributed by atoms with Crippen LogP contribution in [0, 0.1) is 5.41 Å². The van der Waals surface area contributed by atoms with Crippen molar-refractivity contribution in [1.82, 2.24) is 4.90 Å². The number of anilines is 1. The average molecular weight is 390 g/mol. The van der Waals surface area contributed by atoms with E-state index in [0.29, 0.717) is 19.6 Å². The summed E-state index contributed by atoms with van der Waals surface area (Å²) in [6.07, 6.45) is 5.52. The molecule has 0 saturated carbocycles. The lowest BCUT2D eigenvalue weighted by atomic mass is 9.67. The third-order valence-corrected chi connectivity index (χ3v) is 6.44. The van der Waals surface area contributed by atoms with E-state index in [1.165, 1.54) is 5.56 Å². The normalized spacial score (nSPS) is 27.6. The molecule has 2 atom stereocenters. The number of allylic oxidation sites excluding steroid dienone is 1. The van der Waals surface area contributed by atoms with Crippen LogP contribution in [-0.4, -0.2) is 36.3 Å². The van der Waals surface area contributed by atoms with Gasteiger partial charge in [0.05, 0.1) is 12.3 Å². The molecule has 1 spiro atoms. The quantitative estimate of drug-likeness (QED) is 0.740. The number of para-hydroxylation sites is 2. The van der Waals surface area contributed by atoms with Gasteiger partial charge in [0, 0.05) is 32.3 Å². The van der Waals surface area contributed by atoms with E-state index in [4.69, 9.17) is 9.47 Å². The van der Waals surface area contributed by atoms with Gasteiger partial charge in [-0.1, -0.05) is 48.5 Å². The molecule has 2 aromatic carbocycles. The van der Waals surface area contributed by atoms with Gasteiger partial charge in [-0.2, -0.15) is 0 Å². The highest BCUT2D eigenvalue weighted by molar-refractivity contribution is 5.83. The number of fused-ring (bicyclic) bond motifs is 2. The van der Waals surface area contributed by atoms with Crippen molar-refractivity contribution >= 4 is 11.7 Å².